The fourth-order valence-electron chi connectivity index (χ4n) is 3.62. The number of nitrogens with one attached hydrogen (secondary N) is 2. The Hall–Kier alpha value is -3.51. The Kier molecular flexibility index (Phi) is 5.57. The largest absolute Gasteiger partial charge is 0.497 e. The van der Waals surface area contributed by atoms with E-state index in [1.165, 1.54) is 0 Å². The van der Waals surface area contributed by atoms with Crippen molar-refractivity contribution in [3.63, 3.8) is 0 Å². The number of fused-ring (bicyclic) bond motifs is 1. The van der Waals surface area contributed by atoms with Gasteiger partial charge in [-0.1, -0.05) is 6.92 Å². The summed E-state index contributed by atoms with van der Waals surface area (Å²) in [4.78, 5) is 13.3. The van der Waals surface area contributed by atoms with Crippen molar-refractivity contribution in [3.8, 4) is 23.2 Å². The first-order valence-corrected chi connectivity index (χ1v) is 10.4. The third-order valence-electron chi connectivity index (χ3n) is 5.29. The van der Waals surface area contributed by atoms with Crippen LogP contribution in [0.1, 0.15) is 18.1 Å². The van der Waals surface area contributed by atoms with Gasteiger partial charge in [-0.2, -0.15) is 5.26 Å². The van der Waals surface area contributed by atoms with Crippen molar-refractivity contribution in [1.82, 2.24) is 15.0 Å². The van der Waals surface area contributed by atoms with Gasteiger partial charge < -0.3 is 20.5 Å². The van der Waals surface area contributed by atoms with Crippen molar-refractivity contribution in [1.29, 1.82) is 5.26 Å². The van der Waals surface area contributed by atoms with Gasteiger partial charge in [0.2, 0.25) is 11.8 Å². The minimum Gasteiger partial charge on any atom is -0.497 e. The molecule has 158 valence electrons. The van der Waals surface area contributed by atoms with Crippen LogP contribution >= 0.6 is 0 Å². The first-order chi connectivity index (χ1) is 15.2. The van der Waals surface area contributed by atoms with Crippen LogP contribution in [0.15, 0.2) is 42.7 Å². The predicted octanol–water partition coefficient (Wildman–Crippen LogP) is -0.281. The normalized spacial score (nSPS) is 17.2. The van der Waals surface area contributed by atoms with Crippen molar-refractivity contribution in [3.05, 3.63) is 53.9 Å². The lowest BCUT2D eigenvalue weighted by atomic mass is 9.52. The number of nitrogens with zero attached hydrogens (tertiary/aromatic N) is 4. The second kappa shape index (κ2) is 8.21. The summed E-state index contributed by atoms with van der Waals surface area (Å²) in [7, 11) is 5.87. The van der Waals surface area contributed by atoms with Crippen molar-refractivity contribution in [2.75, 3.05) is 23.8 Å². The van der Waals surface area contributed by atoms with Crippen LogP contribution in [0.2, 0.25) is 0 Å². The summed E-state index contributed by atoms with van der Waals surface area (Å²) in [6, 6.07) is 11.5. The van der Waals surface area contributed by atoms with Crippen LogP contribution in [-0.2, 0) is 5.41 Å². The molecule has 0 saturated heterocycles. The zero-order valence-electron chi connectivity index (χ0n) is 18.6. The summed E-state index contributed by atoms with van der Waals surface area (Å²) in [5, 5.41) is 25.6. The smallest absolute Gasteiger partial charge is 0.236 e. The molecule has 1 aromatic carbocycles. The molecule has 8 nitrogen and oxygen atoms in total. The minimum absolute atomic E-state index is 0.0184. The SMILES string of the molecule is BC(B)(B)Oc1ncccc1Nc1nccc(-c2cc(C#N)c3c(c2)C(C)(CO)CN3)n1. The molecule has 1 aliphatic rings. The second-order valence-corrected chi connectivity index (χ2v) is 9.09. The molecular weight excluding hydrogens is 401 g/mol. The van der Waals surface area contributed by atoms with E-state index in [1.54, 1.807) is 24.5 Å². The lowest BCUT2D eigenvalue weighted by Gasteiger charge is -2.22. The fraction of sp³-hybridized carbons (Fsp3) is 0.238. The molecular formula is C21H23B3N6O2. The number of hydrogen-bond acceptors (Lipinski definition) is 8. The maximum absolute atomic E-state index is 9.94. The number of benzene rings is 1. The van der Waals surface area contributed by atoms with Gasteiger partial charge in [-0.15, -0.1) is 0 Å². The number of rotatable bonds is 6. The molecule has 1 atom stereocenters. The number of ether oxygens (including phenoxy) is 1. The van der Waals surface area contributed by atoms with Gasteiger partial charge in [-0.25, -0.2) is 15.0 Å². The summed E-state index contributed by atoms with van der Waals surface area (Å²) < 4.78 is 5.94. The Morgan fingerprint density at radius 2 is 2.09 bits per heavy atom. The first kappa shape index (κ1) is 21.7. The van der Waals surface area contributed by atoms with Gasteiger partial charge in [-0.05, 0) is 35.9 Å². The summed E-state index contributed by atoms with van der Waals surface area (Å²) in [6.07, 6.45) is 3.33. The van der Waals surface area contributed by atoms with Crippen molar-refractivity contribution in [2.45, 2.75) is 17.6 Å². The van der Waals surface area contributed by atoms with Crippen LogP contribution < -0.4 is 15.4 Å². The van der Waals surface area contributed by atoms with Gasteiger partial charge in [-0.3, -0.25) is 0 Å². The van der Waals surface area contributed by atoms with Crippen molar-refractivity contribution in [2.24, 2.45) is 0 Å². The summed E-state index contributed by atoms with van der Waals surface area (Å²) in [6.45, 7) is 2.53. The van der Waals surface area contributed by atoms with E-state index >= 15 is 0 Å². The standard InChI is InChI=1S/C21H23B3N6O2/c1-20(11-31)10-28-17-13(9-25)7-12(8-14(17)20)15-4-6-27-19(29-15)30-16-3-2-5-26-18(16)32-21(22,23)24/h2-8,28,31H,10-11,22-24H2,1H3,(H,27,29,30). The average Bonchev–Trinajstić information content (AvgIpc) is 3.11. The lowest BCUT2D eigenvalue weighted by molar-refractivity contribution is 0.219. The number of aromatic nitrogens is 3. The maximum atomic E-state index is 9.94. The summed E-state index contributed by atoms with van der Waals surface area (Å²) in [5.74, 6) is 0.847. The van der Waals surface area contributed by atoms with E-state index in [-0.39, 0.29) is 6.61 Å². The topological polar surface area (TPSA) is 116 Å². The molecule has 1 aliphatic heterocycles. The lowest BCUT2D eigenvalue weighted by Crippen LogP contribution is -2.38. The second-order valence-electron chi connectivity index (χ2n) is 9.09. The van der Waals surface area contributed by atoms with Crippen LogP contribution in [0.25, 0.3) is 11.3 Å². The van der Waals surface area contributed by atoms with E-state index in [1.807, 2.05) is 48.7 Å². The quantitative estimate of drug-likeness (QED) is 0.463. The third-order valence-corrected chi connectivity index (χ3v) is 5.29. The molecule has 0 radical (unpaired) electrons. The Morgan fingerprint density at radius 3 is 2.81 bits per heavy atom. The van der Waals surface area contributed by atoms with Crippen LogP contribution in [0.4, 0.5) is 17.3 Å². The molecule has 0 bridgehead atoms. The monoisotopic (exact) mass is 424 g/mol. The van der Waals surface area contributed by atoms with Gasteiger partial charge in [0, 0.05) is 35.2 Å². The van der Waals surface area contributed by atoms with E-state index in [0.717, 1.165) is 16.8 Å². The molecule has 0 amide bonds. The molecule has 3 heterocycles. The average molecular weight is 424 g/mol. The number of anilines is 3. The maximum Gasteiger partial charge on any atom is 0.236 e. The Bertz CT molecular complexity index is 1210. The Morgan fingerprint density at radius 1 is 1.28 bits per heavy atom. The molecule has 0 saturated carbocycles. The molecule has 3 aromatic rings. The molecule has 1 unspecified atom stereocenters. The number of aliphatic hydroxyl groups excluding tert-OH is 1. The fourth-order valence-corrected chi connectivity index (χ4v) is 3.62. The highest BCUT2D eigenvalue weighted by Crippen LogP contribution is 2.41. The zero-order chi connectivity index (χ0) is 22.9. The van der Waals surface area contributed by atoms with Crippen molar-refractivity contribution < 1.29 is 9.84 Å². The van der Waals surface area contributed by atoms with Crippen molar-refractivity contribution >= 4 is 40.9 Å². The molecule has 0 fully saturated rings. The van der Waals surface area contributed by atoms with Crippen LogP contribution in [-0.4, -0.2) is 62.0 Å². The number of nitriles is 1. The van der Waals surface area contributed by atoms with E-state index in [0.29, 0.717) is 35.3 Å². The number of pyridine rings is 1. The molecule has 11 heteroatoms. The van der Waals surface area contributed by atoms with E-state index in [2.05, 4.69) is 31.7 Å². The van der Waals surface area contributed by atoms with E-state index < -0.39 is 10.7 Å². The van der Waals surface area contributed by atoms with E-state index in [9.17, 15) is 10.4 Å². The predicted molar refractivity (Wildman–Crippen MR) is 132 cm³/mol. The van der Waals surface area contributed by atoms with Gasteiger partial charge in [0.1, 0.15) is 35.3 Å². The highest BCUT2D eigenvalue weighted by Gasteiger charge is 2.36. The number of hydrogen-bond donors (Lipinski definition) is 3. The van der Waals surface area contributed by atoms with E-state index in [4.69, 9.17) is 4.74 Å². The molecule has 32 heavy (non-hydrogen) atoms. The molecule has 0 spiro atoms. The highest BCUT2D eigenvalue weighted by molar-refractivity contribution is 6.58. The van der Waals surface area contributed by atoms with Gasteiger partial charge >= 0.3 is 0 Å². The van der Waals surface area contributed by atoms with Crippen LogP contribution in [0.3, 0.4) is 0 Å². The molecule has 2 aromatic heterocycles. The summed E-state index contributed by atoms with van der Waals surface area (Å²) in [5.41, 5.74) is 3.86. The molecule has 0 aliphatic carbocycles. The summed E-state index contributed by atoms with van der Waals surface area (Å²) >= 11 is 0. The molecule has 3 N–H and O–H groups in total. The van der Waals surface area contributed by atoms with Crippen LogP contribution in [0.5, 0.6) is 5.88 Å². The van der Waals surface area contributed by atoms with Gasteiger partial charge in [0.05, 0.1) is 23.6 Å². The zero-order valence-corrected chi connectivity index (χ0v) is 18.6. The van der Waals surface area contributed by atoms with Gasteiger partial charge in [0.15, 0.2) is 0 Å². The van der Waals surface area contributed by atoms with Crippen LogP contribution in [0, 0.1) is 11.3 Å². The first-order valence-electron chi connectivity index (χ1n) is 10.4. The Balaban J connectivity index is 1.70. The molecule has 4 rings (SSSR count). The number of aliphatic hydroxyl groups is 1. The highest BCUT2D eigenvalue weighted by atomic mass is 16.5. The minimum atomic E-state index is -0.458. The van der Waals surface area contributed by atoms with Gasteiger partial charge in [0.25, 0.3) is 0 Å². The Labute approximate surface area is 189 Å². The third kappa shape index (κ3) is 4.27.